The Morgan fingerprint density at radius 3 is 2.50 bits per heavy atom. The molecule has 0 spiro atoms. The summed E-state index contributed by atoms with van der Waals surface area (Å²) in [5.41, 5.74) is 6.59. The van der Waals surface area contributed by atoms with E-state index in [0.29, 0.717) is 0 Å². The molecule has 0 bridgehead atoms. The molecule has 0 aliphatic carbocycles. The second-order valence-corrected chi connectivity index (χ2v) is 3.25. The highest BCUT2D eigenvalue weighted by Gasteiger charge is 2.04. The summed E-state index contributed by atoms with van der Waals surface area (Å²) >= 11 is 0. The molecule has 2 heteroatoms. The molecule has 0 amide bonds. The number of aryl methyl sites for hydroxylation is 2. The molecular formula is C10H16N2. The standard InChI is InChI=1S/C10H16N2/c1-7-4-5-10(8(2)6-7)9(3)12-11/h4-6,9,12H,11H2,1-3H3/t9-/m0/s1. The fraction of sp³-hybridized carbons (Fsp3) is 0.400. The monoisotopic (exact) mass is 164 g/mol. The highest BCUT2D eigenvalue weighted by atomic mass is 15.2. The van der Waals surface area contributed by atoms with Gasteiger partial charge in [-0.2, -0.15) is 0 Å². The highest BCUT2D eigenvalue weighted by Crippen LogP contribution is 2.17. The molecule has 1 atom stereocenters. The molecule has 1 rings (SSSR count). The van der Waals surface area contributed by atoms with Crippen molar-refractivity contribution in [3.63, 3.8) is 0 Å². The van der Waals surface area contributed by atoms with Crippen LogP contribution in [0, 0.1) is 13.8 Å². The first kappa shape index (κ1) is 9.23. The molecule has 12 heavy (non-hydrogen) atoms. The fourth-order valence-electron chi connectivity index (χ4n) is 1.40. The second-order valence-electron chi connectivity index (χ2n) is 3.25. The average molecular weight is 164 g/mol. The zero-order valence-electron chi connectivity index (χ0n) is 7.89. The van der Waals surface area contributed by atoms with Crippen LogP contribution in [0.4, 0.5) is 0 Å². The van der Waals surface area contributed by atoms with Crippen molar-refractivity contribution in [3.05, 3.63) is 34.9 Å². The summed E-state index contributed by atoms with van der Waals surface area (Å²) in [4.78, 5) is 0. The first-order valence-corrected chi connectivity index (χ1v) is 4.18. The van der Waals surface area contributed by atoms with Gasteiger partial charge in [0.2, 0.25) is 0 Å². The van der Waals surface area contributed by atoms with Gasteiger partial charge in [-0.15, -0.1) is 0 Å². The molecule has 0 heterocycles. The topological polar surface area (TPSA) is 38.0 Å². The molecule has 0 unspecified atom stereocenters. The molecule has 0 saturated heterocycles. The number of nitrogens with two attached hydrogens (primary N) is 1. The van der Waals surface area contributed by atoms with E-state index in [0.717, 1.165) is 0 Å². The lowest BCUT2D eigenvalue weighted by Crippen LogP contribution is -2.26. The van der Waals surface area contributed by atoms with Gasteiger partial charge in [-0.05, 0) is 31.9 Å². The van der Waals surface area contributed by atoms with Crippen LogP contribution < -0.4 is 11.3 Å². The fourth-order valence-corrected chi connectivity index (χ4v) is 1.40. The minimum absolute atomic E-state index is 0.227. The third-order valence-electron chi connectivity index (χ3n) is 2.14. The summed E-state index contributed by atoms with van der Waals surface area (Å²) in [6, 6.07) is 6.62. The molecule has 0 saturated carbocycles. The third kappa shape index (κ3) is 1.84. The third-order valence-corrected chi connectivity index (χ3v) is 2.14. The Bertz CT molecular complexity index is 269. The summed E-state index contributed by atoms with van der Waals surface area (Å²) in [5.74, 6) is 5.36. The van der Waals surface area contributed by atoms with Crippen molar-refractivity contribution in [1.82, 2.24) is 5.43 Å². The van der Waals surface area contributed by atoms with Crippen LogP contribution in [0.25, 0.3) is 0 Å². The molecule has 2 nitrogen and oxygen atoms in total. The number of benzene rings is 1. The lowest BCUT2D eigenvalue weighted by atomic mass is 10.0. The van der Waals surface area contributed by atoms with Crippen molar-refractivity contribution < 1.29 is 0 Å². The maximum absolute atomic E-state index is 5.36. The van der Waals surface area contributed by atoms with Crippen molar-refractivity contribution in [1.29, 1.82) is 0 Å². The van der Waals surface area contributed by atoms with Gasteiger partial charge in [0, 0.05) is 6.04 Å². The molecule has 1 aromatic carbocycles. The Hall–Kier alpha value is -0.860. The van der Waals surface area contributed by atoms with Gasteiger partial charge in [0.05, 0.1) is 0 Å². The van der Waals surface area contributed by atoms with Crippen molar-refractivity contribution >= 4 is 0 Å². The van der Waals surface area contributed by atoms with Crippen LogP contribution in [0.3, 0.4) is 0 Å². The van der Waals surface area contributed by atoms with Crippen LogP contribution in [0.1, 0.15) is 29.7 Å². The Labute approximate surface area is 73.8 Å². The molecule has 0 aliphatic heterocycles. The van der Waals surface area contributed by atoms with Gasteiger partial charge in [-0.25, -0.2) is 0 Å². The predicted octanol–water partition coefficient (Wildman–Crippen LogP) is 1.83. The minimum atomic E-state index is 0.227. The van der Waals surface area contributed by atoms with Gasteiger partial charge >= 0.3 is 0 Å². The maximum Gasteiger partial charge on any atom is 0.0434 e. The summed E-state index contributed by atoms with van der Waals surface area (Å²) in [6.45, 7) is 6.26. The summed E-state index contributed by atoms with van der Waals surface area (Å²) in [6.07, 6.45) is 0. The SMILES string of the molecule is Cc1ccc([C@H](C)NN)c(C)c1. The van der Waals surface area contributed by atoms with Gasteiger partial charge in [0.25, 0.3) is 0 Å². The lowest BCUT2D eigenvalue weighted by molar-refractivity contribution is 0.599. The highest BCUT2D eigenvalue weighted by molar-refractivity contribution is 5.32. The second kappa shape index (κ2) is 3.70. The van der Waals surface area contributed by atoms with E-state index >= 15 is 0 Å². The number of rotatable bonds is 2. The quantitative estimate of drug-likeness (QED) is 0.517. The van der Waals surface area contributed by atoms with E-state index < -0.39 is 0 Å². The van der Waals surface area contributed by atoms with Crippen LogP contribution in [0.5, 0.6) is 0 Å². The average Bonchev–Trinajstić information content (AvgIpc) is 2.03. The Balaban J connectivity index is 3.01. The number of hydrogen-bond acceptors (Lipinski definition) is 2. The van der Waals surface area contributed by atoms with Crippen molar-refractivity contribution in [2.75, 3.05) is 0 Å². The zero-order chi connectivity index (χ0) is 9.14. The summed E-state index contributed by atoms with van der Waals surface area (Å²) in [5, 5.41) is 0. The first-order valence-electron chi connectivity index (χ1n) is 4.18. The van der Waals surface area contributed by atoms with Crippen LogP contribution in [-0.2, 0) is 0 Å². The van der Waals surface area contributed by atoms with Crippen LogP contribution in [0.15, 0.2) is 18.2 Å². The largest absolute Gasteiger partial charge is 0.271 e. The maximum atomic E-state index is 5.36. The van der Waals surface area contributed by atoms with E-state index in [1.54, 1.807) is 0 Å². The van der Waals surface area contributed by atoms with E-state index in [2.05, 4.69) is 44.4 Å². The van der Waals surface area contributed by atoms with E-state index in [-0.39, 0.29) is 6.04 Å². The summed E-state index contributed by atoms with van der Waals surface area (Å²) in [7, 11) is 0. The number of hydrogen-bond donors (Lipinski definition) is 2. The molecule has 0 aromatic heterocycles. The van der Waals surface area contributed by atoms with Gasteiger partial charge < -0.3 is 0 Å². The van der Waals surface area contributed by atoms with Crippen LogP contribution in [-0.4, -0.2) is 0 Å². The van der Waals surface area contributed by atoms with E-state index in [1.165, 1.54) is 16.7 Å². The normalized spacial score (nSPS) is 13.0. The molecule has 0 fully saturated rings. The first-order chi connectivity index (χ1) is 5.65. The summed E-state index contributed by atoms with van der Waals surface area (Å²) < 4.78 is 0. The molecule has 3 N–H and O–H groups in total. The van der Waals surface area contributed by atoms with Gasteiger partial charge in [0.1, 0.15) is 0 Å². The lowest BCUT2D eigenvalue weighted by Gasteiger charge is -2.13. The van der Waals surface area contributed by atoms with Gasteiger partial charge in [-0.3, -0.25) is 11.3 Å². The van der Waals surface area contributed by atoms with Gasteiger partial charge in [0.15, 0.2) is 0 Å². The van der Waals surface area contributed by atoms with E-state index in [4.69, 9.17) is 5.84 Å². The molecule has 1 aromatic rings. The Kier molecular flexibility index (Phi) is 2.84. The zero-order valence-corrected chi connectivity index (χ0v) is 7.89. The Morgan fingerprint density at radius 1 is 1.33 bits per heavy atom. The van der Waals surface area contributed by atoms with Crippen molar-refractivity contribution in [2.45, 2.75) is 26.8 Å². The molecule has 0 radical (unpaired) electrons. The van der Waals surface area contributed by atoms with Crippen molar-refractivity contribution in [3.8, 4) is 0 Å². The smallest absolute Gasteiger partial charge is 0.0434 e. The van der Waals surface area contributed by atoms with Gasteiger partial charge in [-0.1, -0.05) is 23.8 Å². The molecular weight excluding hydrogens is 148 g/mol. The Morgan fingerprint density at radius 2 is 2.00 bits per heavy atom. The number of nitrogens with one attached hydrogen (secondary N) is 1. The number of hydrazine groups is 1. The van der Waals surface area contributed by atoms with Crippen LogP contribution in [0.2, 0.25) is 0 Å². The van der Waals surface area contributed by atoms with E-state index in [9.17, 15) is 0 Å². The van der Waals surface area contributed by atoms with Crippen LogP contribution >= 0.6 is 0 Å². The minimum Gasteiger partial charge on any atom is -0.271 e. The van der Waals surface area contributed by atoms with E-state index in [1.807, 2.05) is 0 Å². The predicted molar refractivity (Wildman–Crippen MR) is 51.7 cm³/mol. The van der Waals surface area contributed by atoms with Crippen molar-refractivity contribution in [2.24, 2.45) is 5.84 Å². The molecule has 66 valence electrons. The molecule has 0 aliphatic rings.